The Balaban J connectivity index is 2.09. The van der Waals surface area contributed by atoms with Crippen molar-refractivity contribution in [2.75, 3.05) is 0 Å². The first-order valence-corrected chi connectivity index (χ1v) is 6.39. The molecule has 0 aliphatic rings. The Labute approximate surface area is 113 Å². The molecule has 1 heterocycles. The van der Waals surface area contributed by atoms with Crippen molar-refractivity contribution in [3.63, 3.8) is 0 Å². The average molecular weight is 254 g/mol. The quantitative estimate of drug-likeness (QED) is 0.616. The van der Waals surface area contributed by atoms with Crippen LogP contribution in [-0.2, 0) is 0 Å². The average Bonchev–Trinajstić information content (AvgIpc) is 2.87. The van der Waals surface area contributed by atoms with E-state index in [1.807, 2.05) is 51.1 Å². The largest absolute Gasteiger partial charge is 0.289 e. The van der Waals surface area contributed by atoms with Crippen molar-refractivity contribution >= 4 is 11.9 Å². The van der Waals surface area contributed by atoms with Crippen molar-refractivity contribution in [2.24, 2.45) is 0 Å². The molecule has 0 bridgehead atoms. The van der Waals surface area contributed by atoms with Crippen molar-refractivity contribution in [3.8, 4) is 0 Å². The number of rotatable bonds is 4. The lowest BCUT2D eigenvalue weighted by Gasteiger charge is -2.02. The van der Waals surface area contributed by atoms with Gasteiger partial charge in [0.25, 0.3) is 0 Å². The molecule has 2 aromatic rings. The van der Waals surface area contributed by atoms with Crippen LogP contribution in [-0.4, -0.2) is 15.6 Å². The Bertz CT molecular complexity index is 591. The third kappa shape index (κ3) is 3.41. The predicted molar refractivity (Wildman–Crippen MR) is 77.2 cm³/mol. The van der Waals surface area contributed by atoms with Gasteiger partial charge in [-0.15, -0.1) is 0 Å². The first kappa shape index (κ1) is 13.3. The van der Waals surface area contributed by atoms with E-state index in [4.69, 9.17) is 0 Å². The maximum atomic E-state index is 12.0. The minimum absolute atomic E-state index is 0.0209. The normalized spacial score (nSPS) is 11.4. The molecule has 0 amide bonds. The molecule has 0 saturated carbocycles. The molecule has 0 N–H and O–H groups in total. The fourth-order valence-electron chi connectivity index (χ4n) is 1.69. The number of hydrogen-bond donors (Lipinski definition) is 0. The smallest absolute Gasteiger partial charge is 0.189 e. The van der Waals surface area contributed by atoms with Crippen LogP contribution < -0.4 is 0 Å². The van der Waals surface area contributed by atoms with Crippen molar-refractivity contribution in [3.05, 3.63) is 59.4 Å². The third-order valence-corrected chi connectivity index (χ3v) is 2.92. The maximum absolute atomic E-state index is 12.0. The summed E-state index contributed by atoms with van der Waals surface area (Å²) in [4.78, 5) is 12.0. The number of benzene rings is 1. The zero-order chi connectivity index (χ0) is 13.8. The lowest BCUT2D eigenvalue weighted by molar-refractivity contribution is 0.104. The van der Waals surface area contributed by atoms with Gasteiger partial charge in [-0.2, -0.15) is 5.10 Å². The molecule has 3 heteroatoms. The van der Waals surface area contributed by atoms with Crippen LogP contribution in [0.3, 0.4) is 0 Å². The van der Waals surface area contributed by atoms with Gasteiger partial charge in [0.15, 0.2) is 5.78 Å². The van der Waals surface area contributed by atoms with E-state index in [9.17, 15) is 4.79 Å². The van der Waals surface area contributed by atoms with Gasteiger partial charge >= 0.3 is 0 Å². The Morgan fingerprint density at radius 3 is 2.53 bits per heavy atom. The molecule has 0 aliphatic carbocycles. The highest BCUT2D eigenvalue weighted by Crippen LogP contribution is 2.09. The van der Waals surface area contributed by atoms with E-state index in [0.29, 0.717) is 5.56 Å². The van der Waals surface area contributed by atoms with E-state index in [-0.39, 0.29) is 11.8 Å². The molecule has 0 atom stereocenters. The number of ketones is 1. The van der Waals surface area contributed by atoms with Crippen LogP contribution in [0.15, 0.2) is 42.7 Å². The Kier molecular flexibility index (Phi) is 3.95. The van der Waals surface area contributed by atoms with Gasteiger partial charge in [0.05, 0.1) is 11.8 Å². The highest BCUT2D eigenvalue weighted by Gasteiger charge is 2.06. The van der Waals surface area contributed by atoms with E-state index >= 15 is 0 Å². The van der Waals surface area contributed by atoms with Gasteiger partial charge in [0, 0.05) is 12.2 Å². The Hall–Kier alpha value is -2.16. The molecule has 98 valence electrons. The number of hydrogen-bond acceptors (Lipinski definition) is 2. The number of carbonyl (C=O) groups excluding carboxylic acids is 1. The summed E-state index contributed by atoms with van der Waals surface area (Å²) in [5.74, 6) is -0.0209. The number of aryl methyl sites for hydroxylation is 1. The number of aromatic nitrogens is 2. The first-order chi connectivity index (χ1) is 9.06. The molecule has 1 aromatic heterocycles. The second-order valence-electron chi connectivity index (χ2n) is 4.91. The monoisotopic (exact) mass is 254 g/mol. The van der Waals surface area contributed by atoms with E-state index in [2.05, 4.69) is 5.10 Å². The van der Waals surface area contributed by atoms with Crippen LogP contribution in [0.2, 0.25) is 0 Å². The third-order valence-electron chi connectivity index (χ3n) is 2.92. The van der Waals surface area contributed by atoms with Crippen LogP contribution in [0, 0.1) is 6.92 Å². The van der Waals surface area contributed by atoms with Crippen molar-refractivity contribution in [1.29, 1.82) is 0 Å². The summed E-state index contributed by atoms with van der Waals surface area (Å²) in [7, 11) is 0. The summed E-state index contributed by atoms with van der Waals surface area (Å²) in [6, 6.07) is 8.32. The molecule has 0 fully saturated rings. The molecule has 3 nitrogen and oxygen atoms in total. The standard InChI is InChI=1S/C16H18N2O/c1-12(2)18-11-15(10-17-18)16(19)9-8-14-6-4-13(3)5-7-14/h4-12H,1-3H3/b9-8+. The topological polar surface area (TPSA) is 34.9 Å². The second kappa shape index (κ2) is 5.65. The van der Waals surface area contributed by atoms with Crippen LogP contribution >= 0.6 is 0 Å². The lowest BCUT2D eigenvalue weighted by atomic mass is 10.1. The highest BCUT2D eigenvalue weighted by atomic mass is 16.1. The van der Waals surface area contributed by atoms with Gasteiger partial charge < -0.3 is 0 Å². The number of carbonyl (C=O) groups is 1. The summed E-state index contributed by atoms with van der Waals surface area (Å²) in [5, 5.41) is 4.17. The summed E-state index contributed by atoms with van der Waals surface area (Å²) in [5.41, 5.74) is 2.86. The summed E-state index contributed by atoms with van der Waals surface area (Å²) in [6.07, 6.45) is 6.81. The van der Waals surface area contributed by atoms with E-state index < -0.39 is 0 Å². The van der Waals surface area contributed by atoms with Gasteiger partial charge in [0.2, 0.25) is 0 Å². The van der Waals surface area contributed by atoms with Crippen LogP contribution in [0.25, 0.3) is 6.08 Å². The molecule has 19 heavy (non-hydrogen) atoms. The summed E-state index contributed by atoms with van der Waals surface area (Å²) in [6.45, 7) is 6.10. The zero-order valence-corrected chi connectivity index (χ0v) is 11.5. The molecule has 2 rings (SSSR count). The maximum Gasteiger partial charge on any atom is 0.189 e. The van der Waals surface area contributed by atoms with Crippen molar-refractivity contribution in [2.45, 2.75) is 26.8 Å². The molecular weight excluding hydrogens is 236 g/mol. The van der Waals surface area contributed by atoms with E-state index in [0.717, 1.165) is 5.56 Å². The Morgan fingerprint density at radius 1 is 1.26 bits per heavy atom. The van der Waals surface area contributed by atoms with Crippen LogP contribution in [0.4, 0.5) is 0 Å². The van der Waals surface area contributed by atoms with Crippen LogP contribution in [0.1, 0.15) is 41.4 Å². The molecule has 0 spiro atoms. The molecule has 0 saturated heterocycles. The second-order valence-corrected chi connectivity index (χ2v) is 4.91. The first-order valence-electron chi connectivity index (χ1n) is 6.39. The SMILES string of the molecule is Cc1ccc(/C=C/C(=O)c2cnn(C(C)C)c2)cc1. The minimum atomic E-state index is -0.0209. The van der Waals surface area contributed by atoms with Crippen molar-refractivity contribution < 1.29 is 4.79 Å². The van der Waals surface area contributed by atoms with Gasteiger partial charge in [0.1, 0.15) is 0 Å². The molecule has 0 unspecified atom stereocenters. The van der Waals surface area contributed by atoms with Crippen LogP contribution in [0.5, 0.6) is 0 Å². The number of nitrogens with zero attached hydrogens (tertiary/aromatic N) is 2. The van der Waals surface area contributed by atoms with Gasteiger partial charge in [-0.3, -0.25) is 9.48 Å². The minimum Gasteiger partial charge on any atom is -0.289 e. The summed E-state index contributed by atoms with van der Waals surface area (Å²) >= 11 is 0. The zero-order valence-electron chi connectivity index (χ0n) is 11.5. The van der Waals surface area contributed by atoms with E-state index in [1.165, 1.54) is 5.56 Å². The highest BCUT2D eigenvalue weighted by molar-refractivity contribution is 6.06. The molecule has 1 aromatic carbocycles. The lowest BCUT2D eigenvalue weighted by Crippen LogP contribution is -2.00. The molecular formula is C16H18N2O. The van der Waals surface area contributed by atoms with Crippen molar-refractivity contribution in [1.82, 2.24) is 9.78 Å². The molecule has 0 radical (unpaired) electrons. The molecule has 0 aliphatic heterocycles. The summed E-state index contributed by atoms with van der Waals surface area (Å²) < 4.78 is 1.78. The van der Waals surface area contributed by atoms with Gasteiger partial charge in [-0.25, -0.2) is 0 Å². The van der Waals surface area contributed by atoms with Gasteiger partial charge in [-0.05, 0) is 32.4 Å². The fourth-order valence-corrected chi connectivity index (χ4v) is 1.69. The fraction of sp³-hybridized carbons (Fsp3) is 0.250. The predicted octanol–water partition coefficient (Wildman–Crippen LogP) is 3.67. The van der Waals surface area contributed by atoms with Gasteiger partial charge in [-0.1, -0.05) is 35.9 Å². The Morgan fingerprint density at radius 2 is 1.95 bits per heavy atom. The number of allylic oxidation sites excluding steroid dienone is 1. The van der Waals surface area contributed by atoms with E-state index in [1.54, 1.807) is 23.2 Å².